The molecule has 0 spiro atoms. The fraction of sp³-hybridized carbons (Fsp3) is 0.476. The monoisotopic (exact) mass is 386 g/mol. The summed E-state index contributed by atoms with van der Waals surface area (Å²) in [5.41, 5.74) is 1.59. The van der Waals surface area contributed by atoms with Crippen LogP contribution >= 0.6 is 0 Å². The van der Waals surface area contributed by atoms with Gasteiger partial charge in [0.05, 0.1) is 31.5 Å². The van der Waals surface area contributed by atoms with Gasteiger partial charge in [-0.25, -0.2) is 4.79 Å². The Morgan fingerprint density at radius 1 is 1.18 bits per heavy atom. The number of esters is 1. The summed E-state index contributed by atoms with van der Waals surface area (Å²) in [6.07, 6.45) is 2.16. The first-order chi connectivity index (χ1) is 13.6. The van der Waals surface area contributed by atoms with Crippen LogP contribution in [0.5, 0.6) is 0 Å². The number of carbonyl (C=O) groups is 3. The van der Waals surface area contributed by atoms with E-state index in [1.54, 1.807) is 30.5 Å². The first-order valence-corrected chi connectivity index (χ1v) is 9.57. The summed E-state index contributed by atoms with van der Waals surface area (Å²) < 4.78 is 10.00. The smallest absolute Gasteiger partial charge is 0.337 e. The average molecular weight is 386 g/mol. The number of rotatable bonds is 6. The molecule has 1 aliphatic carbocycles. The van der Waals surface area contributed by atoms with Crippen molar-refractivity contribution in [3.8, 4) is 0 Å². The van der Waals surface area contributed by atoms with Crippen molar-refractivity contribution in [1.29, 1.82) is 0 Å². The molecule has 0 atom stereocenters. The minimum Gasteiger partial charge on any atom is -0.465 e. The number of ketones is 2. The van der Waals surface area contributed by atoms with Crippen molar-refractivity contribution in [1.82, 2.24) is 10.2 Å². The van der Waals surface area contributed by atoms with Crippen molar-refractivity contribution in [2.75, 3.05) is 46.5 Å². The Balaban J connectivity index is 1.53. The van der Waals surface area contributed by atoms with Gasteiger partial charge in [0, 0.05) is 45.2 Å². The van der Waals surface area contributed by atoms with Crippen LogP contribution in [0.4, 0.5) is 0 Å². The molecule has 0 unspecified atom stereocenters. The van der Waals surface area contributed by atoms with Gasteiger partial charge in [-0.3, -0.25) is 14.5 Å². The molecule has 1 N–H and O–H groups in total. The third-order valence-corrected chi connectivity index (χ3v) is 5.19. The highest BCUT2D eigenvalue weighted by molar-refractivity contribution is 6.22. The number of nitrogens with one attached hydrogen (secondary N) is 1. The molecular formula is C21H26N2O5. The molecule has 7 nitrogen and oxygen atoms in total. The average Bonchev–Trinajstić information content (AvgIpc) is 2.73. The molecule has 0 radical (unpaired) electrons. The normalized spacial score (nSPS) is 20.8. The Labute approximate surface area is 164 Å². The van der Waals surface area contributed by atoms with E-state index in [0.717, 1.165) is 38.4 Å². The van der Waals surface area contributed by atoms with Crippen LogP contribution in [0, 0.1) is 0 Å². The predicted octanol–water partition coefficient (Wildman–Crippen LogP) is 1.29. The highest BCUT2D eigenvalue weighted by Gasteiger charge is 2.31. The highest BCUT2D eigenvalue weighted by Crippen LogP contribution is 2.31. The Hall–Kier alpha value is -2.51. The number of carbonyl (C=O) groups excluding carboxylic acids is 3. The second-order valence-corrected chi connectivity index (χ2v) is 7.03. The minimum atomic E-state index is -0.407. The molecule has 1 heterocycles. The number of ether oxygens (including phenoxy) is 2. The number of hydrogen-bond acceptors (Lipinski definition) is 7. The zero-order valence-corrected chi connectivity index (χ0v) is 16.1. The number of morpholine rings is 1. The molecule has 0 amide bonds. The van der Waals surface area contributed by atoms with Crippen molar-refractivity contribution < 1.29 is 23.9 Å². The highest BCUT2D eigenvalue weighted by atomic mass is 16.5. The molecule has 3 rings (SSSR count). The van der Waals surface area contributed by atoms with E-state index in [1.165, 1.54) is 7.11 Å². The van der Waals surface area contributed by atoms with Gasteiger partial charge in [-0.1, -0.05) is 12.1 Å². The van der Waals surface area contributed by atoms with Crippen LogP contribution in [0.1, 0.15) is 34.7 Å². The predicted molar refractivity (Wildman–Crippen MR) is 103 cm³/mol. The van der Waals surface area contributed by atoms with Gasteiger partial charge in [-0.2, -0.15) is 0 Å². The first-order valence-electron chi connectivity index (χ1n) is 9.57. The summed E-state index contributed by atoms with van der Waals surface area (Å²) >= 11 is 0. The molecule has 150 valence electrons. The number of allylic oxidation sites excluding steroid dienone is 1. The van der Waals surface area contributed by atoms with Crippen molar-refractivity contribution in [2.45, 2.75) is 18.8 Å². The second-order valence-electron chi connectivity index (χ2n) is 7.03. The Bertz CT molecular complexity index is 731. The summed E-state index contributed by atoms with van der Waals surface area (Å²) in [7, 11) is 1.33. The zero-order chi connectivity index (χ0) is 19.9. The second kappa shape index (κ2) is 9.61. The number of nitrogens with zero attached hydrogens (tertiary/aromatic N) is 1. The standard InChI is InChI=1S/C21H26N2O5/c1-27-21(26)16-4-2-15(3-5-16)17-12-19(24)18(20(25)13-17)14-22-6-7-23-8-10-28-11-9-23/h2-5,14,17,22H,6-13H2,1H3. The molecule has 1 saturated heterocycles. The van der Waals surface area contributed by atoms with Crippen LogP contribution in [0.25, 0.3) is 0 Å². The molecule has 1 aromatic rings. The van der Waals surface area contributed by atoms with E-state index in [0.29, 0.717) is 24.9 Å². The minimum absolute atomic E-state index is 0.142. The van der Waals surface area contributed by atoms with Crippen LogP contribution in [0.2, 0.25) is 0 Å². The van der Waals surface area contributed by atoms with Gasteiger partial charge in [0.25, 0.3) is 0 Å². The van der Waals surface area contributed by atoms with E-state index >= 15 is 0 Å². The summed E-state index contributed by atoms with van der Waals surface area (Å²) in [6.45, 7) is 4.85. The van der Waals surface area contributed by atoms with Crippen molar-refractivity contribution >= 4 is 17.5 Å². The largest absolute Gasteiger partial charge is 0.465 e. The van der Waals surface area contributed by atoms with Gasteiger partial charge in [0.2, 0.25) is 0 Å². The Morgan fingerprint density at radius 3 is 2.43 bits per heavy atom. The molecule has 2 fully saturated rings. The quantitative estimate of drug-likeness (QED) is 0.341. The van der Waals surface area contributed by atoms with Crippen LogP contribution in [-0.4, -0.2) is 68.9 Å². The molecule has 1 aromatic carbocycles. The third-order valence-electron chi connectivity index (χ3n) is 5.19. The lowest BCUT2D eigenvalue weighted by Crippen LogP contribution is -2.39. The first kappa shape index (κ1) is 20.2. The van der Waals surface area contributed by atoms with Crippen molar-refractivity contribution in [2.24, 2.45) is 0 Å². The van der Waals surface area contributed by atoms with Gasteiger partial charge >= 0.3 is 5.97 Å². The maximum atomic E-state index is 12.5. The van der Waals surface area contributed by atoms with E-state index in [2.05, 4.69) is 15.0 Å². The van der Waals surface area contributed by atoms with E-state index in [9.17, 15) is 14.4 Å². The number of Topliss-reactive ketones (excluding diaryl/α,β-unsaturated/α-hetero) is 2. The van der Waals surface area contributed by atoms with Crippen LogP contribution in [0.15, 0.2) is 36.0 Å². The Kier molecular flexibility index (Phi) is 6.95. The maximum absolute atomic E-state index is 12.5. The summed E-state index contributed by atoms with van der Waals surface area (Å²) in [6, 6.07) is 6.89. The molecule has 1 saturated carbocycles. The molecule has 0 aromatic heterocycles. The lowest BCUT2D eigenvalue weighted by molar-refractivity contribution is -0.124. The van der Waals surface area contributed by atoms with Crippen LogP contribution < -0.4 is 5.32 Å². The van der Waals surface area contributed by atoms with Gasteiger partial charge in [0.1, 0.15) is 0 Å². The van der Waals surface area contributed by atoms with E-state index in [-0.39, 0.29) is 23.1 Å². The fourth-order valence-electron chi connectivity index (χ4n) is 3.52. The number of hydrogen-bond donors (Lipinski definition) is 1. The van der Waals surface area contributed by atoms with Crippen LogP contribution in [0.3, 0.4) is 0 Å². The lowest BCUT2D eigenvalue weighted by Gasteiger charge is -2.26. The summed E-state index contributed by atoms with van der Waals surface area (Å²) in [4.78, 5) is 38.8. The van der Waals surface area contributed by atoms with Gasteiger partial charge in [-0.05, 0) is 23.6 Å². The molecular weight excluding hydrogens is 360 g/mol. The molecule has 1 aliphatic heterocycles. The zero-order valence-electron chi connectivity index (χ0n) is 16.1. The number of benzene rings is 1. The van der Waals surface area contributed by atoms with Crippen molar-refractivity contribution in [3.05, 3.63) is 47.2 Å². The fourth-order valence-corrected chi connectivity index (χ4v) is 3.52. The lowest BCUT2D eigenvalue weighted by atomic mass is 9.80. The Morgan fingerprint density at radius 2 is 1.82 bits per heavy atom. The third kappa shape index (κ3) is 5.05. The van der Waals surface area contributed by atoms with Gasteiger partial charge < -0.3 is 14.8 Å². The van der Waals surface area contributed by atoms with Gasteiger partial charge in [-0.15, -0.1) is 0 Å². The van der Waals surface area contributed by atoms with E-state index in [1.807, 2.05) is 0 Å². The van der Waals surface area contributed by atoms with Crippen LogP contribution in [-0.2, 0) is 19.1 Å². The topological polar surface area (TPSA) is 84.9 Å². The van der Waals surface area contributed by atoms with E-state index < -0.39 is 5.97 Å². The van der Waals surface area contributed by atoms with Crippen molar-refractivity contribution in [3.63, 3.8) is 0 Å². The van der Waals surface area contributed by atoms with Gasteiger partial charge in [0.15, 0.2) is 11.6 Å². The van der Waals surface area contributed by atoms with E-state index in [4.69, 9.17) is 4.74 Å². The molecule has 7 heteroatoms. The molecule has 2 aliphatic rings. The summed E-state index contributed by atoms with van der Waals surface area (Å²) in [5.74, 6) is -0.845. The molecule has 0 bridgehead atoms. The maximum Gasteiger partial charge on any atom is 0.337 e. The summed E-state index contributed by atoms with van der Waals surface area (Å²) in [5, 5.41) is 3.11. The number of methoxy groups -OCH3 is 1. The molecule has 28 heavy (non-hydrogen) atoms. The SMILES string of the molecule is COC(=O)c1ccc(C2CC(=O)C(=CNCCN3CCOCC3)C(=O)C2)cc1.